The molecule has 20 heavy (non-hydrogen) atoms. The van der Waals surface area contributed by atoms with E-state index in [2.05, 4.69) is 15.9 Å². The van der Waals surface area contributed by atoms with E-state index in [0.29, 0.717) is 12.1 Å². The molecule has 0 fully saturated rings. The van der Waals surface area contributed by atoms with E-state index >= 15 is 0 Å². The predicted molar refractivity (Wildman–Crippen MR) is 80.8 cm³/mol. The quantitative estimate of drug-likeness (QED) is 0.898. The fourth-order valence-corrected chi connectivity index (χ4v) is 2.77. The van der Waals surface area contributed by atoms with Gasteiger partial charge in [0.2, 0.25) is 0 Å². The summed E-state index contributed by atoms with van der Waals surface area (Å²) in [4.78, 5) is 2.02. The van der Waals surface area contributed by atoms with Crippen LogP contribution in [0.4, 0.5) is 4.39 Å². The summed E-state index contributed by atoms with van der Waals surface area (Å²) in [7, 11) is 1.92. The van der Waals surface area contributed by atoms with Crippen LogP contribution in [0.1, 0.15) is 30.3 Å². The maximum atomic E-state index is 13.9. The van der Waals surface area contributed by atoms with E-state index in [1.54, 1.807) is 18.4 Å². The van der Waals surface area contributed by atoms with Crippen LogP contribution < -0.4 is 5.73 Å². The molecular weight excluding hydrogens is 323 g/mol. The Bertz CT molecular complexity index is 573. The van der Waals surface area contributed by atoms with Gasteiger partial charge >= 0.3 is 0 Å². The molecule has 0 saturated carbocycles. The topological polar surface area (TPSA) is 42.4 Å². The molecule has 108 valence electrons. The Labute approximate surface area is 126 Å². The van der Waals surface area contributed by atoms with Gasteiger partial charge in [-0.05, 0) is 42.0 Å². The smallest absolute Gasteiger partial charge is 0.136 e. The highest BCUT2D eigenvalue weighted by Gasteiger charge is 2.26. The SMILES string of the molecule is CC(c1ccccc1F)N(C)C(CN)c1occc1Br. The summed E-state index contributed by atoms with van der Waals surface area (Å²) in [6, 6.07) is 8.40. The fourth-order valence-electron chi connectivity index (χ4n) is 2.30. The summed E-state index contributed by atoms with van der Waals surface area (Å²) < 4.78 is 20.3. The van der Waals surface area contributed by atoms with Crippen LogP contribution >= 0.6 is 15.9 Å². The minimum atomic E-state index is -0.207. The first-order chi connectivity index (χ1) is 9.56. The molecule has 2 aromatic rings. The first-order valence-corrected chi connectivity index (χ1v) is 7.24. The highest BCUT2D eigenvalue weighted by Crippen LogP contribution is 2.33. The van der Waals surface area contributed by atoms with Gasteiger partial charge in [0.25, 0.3) is 0 Å². The number of rotatable bonds is 5. The van der Waals surface area contributed by atoms with Crippen molar-refractivity contribution < 1.29 is 8.81 Å². The zero-order valence-corrected chi connectivity index (χ0v) is 13.1. The third-order valence-electron chi connectivity index (χ3n) is 3.63. The van der Waals surface area contributed by atoms with Crippen LogP contribution in [0.3, 0.4) is 0 Å². The van der Waals surface area contributed by atoms with Crippen LogP contribution in [0.25, 0.3) is 0 Å². The summed E-state index contributed by atoms with van der Waals surface area (Å²) in [6.45, 7) is 2.35. The van der Waals surface area contributed by atoms with Crippen molar-refractivity contribution in [2.24, 2.45) is 5.73 Å². The number of likely N-dealkylation sites (N-methyl/N-ethyl adjacent to an activating group) is 1. The lowest BCUT2D eigenvalue weighted by atomic mass is 10.0. The number of nitrogens with two attached hydrogens (primary N) is 1. The number of nitrogens with zero attached hydrogens (tertiary/aromatic N) is 1. The molecule has 0 aliphatic carbocycles. The van der Waals surface area contributed by atoms with Gasteiger partial charge < -0.3 is 10.2 Å². The molecule has 3 nitrogen and oxygen atoms in total. The van der Waals surface area contributed by atoms with Crippen molar-refractivity contribution in [1.29, 1.82) is 0 Å². The predicted octanol–water partition coefficient (Wildman–Crippen LogP) is 3.87. The van der Waals surface area contributed by atoms with Crippen molar-refractivity contribution in [2.45, 2.75) is 19.0 Å². The van der Waals surface area contributed by atoms with Gasteiger partial charge in [-0.2, -0.15) is 0 Å². The van der Waals surface area contributed by atoms with Crippen molar-refractivity contribution in [3.05, 3.63) is 58.2 Å². The zero-order valence-electron chi connectivity index (χ0n) is 11.5. The monoisotopic (exact) mass is 340 g/mol. The minimum Gasteiger partial charge on any atom is -0.466 e. The van der Waals surface area contributed by atoms with E-state index in [4.69, 9.17) is 10.2 Å². The first-order valence-electron chi connectivity index (χ1n) is 6.45. The van der Waals surface area contributed by atoms with Crippen LogP contribution in [-0.4, -0.2) is 18.5 Å². The van der Waals surface area contributed by atoms with Crippen molar-refractivity contribution in [3.63, 3.8) is 0 Å². The molecule has 0 amide bonds. The van der Waals surface area contributed by atoms with E-state index in [9.17, 15) is 4.39 Å². The molecule has 2 unspecified atom stereocenters. The highest BCUT2D eigenvalue weighted by atomic mass is 79.9. The Kier molecular flexibility index (Phi) is 4.96. The Morgan fingerprint density at radius 2 is 2.05 bits per heavy atom. The molecule has 2 atom stereocenters. The molecule has 5 heteroatoms. The summed E-state index contributed by atoms with van der Waals surface area (Å²) in [5, 5.41) is 0. The van der Waals surface area contributed by atoms with Crippen LogP contribution in [0, 0.1) is 5.82 Å². The Morgan fingerprint density at radius 1 is 1.35 bits per heavy atom. The molecule has 1 aromatic heterocycles. The maximum absolute atomic E-state index is 13.9. The van der Waals surface area contributed by atoms with E-state index < -0.39 is 0 Å². The van der Waals surface area contributed by atoms with Gasteiger partial charge in [0, 0.05) is 18.2 Å². The second kappa shape index (κ2) is 6.52. The first kappa shape index (κ1) is 15.2. The number of halogens is 2. The summed E-state index contributed by atoms with van der Waals surface area (Å²) >= 11 is 3.45. The van der Waals surface area contributed by atoms with Gasteiger partial charge in [0.15, 0.2) is 0 Å². The minimum absolute atomic E-state index is 0.109. The van der Waals surface area contributed by atoms with Gasteiger partial charge in [0.1, 0.15) is 11.6 Å². The van der Waals surface area contributed by atoms with Gasteiger partial charge in [0.05, 0.1) is 16.8 Å². The molecule has 1 aromatic carbocycles. The lowest BCUT2D eigenvalue weighted by Crippen LogP contribution is -2.33. The summed E-state index contributed by atoms with van der Waals surface area (Å²) in [5.74, 6) is 0.555. The zero-order chi connectivity index (χ0) is 14.7. The molecule has 0 bridgehead atoms. The van der Waals surface area contributed by atoms with Crippen molar-refractivity contribution in [2.75, 3.05) is 13.6 Å². The fraction of sp³-hybridized carbons (Fsp3) is 0.333. The number of furan rings is 1. The normalized spacial score (nSPS) is 14.5. The second-order valence-electron chi connectivity index (χ2n) is 4.75. The van der Waals surface area contributed by atoms with E-state index in [0.717, 1.165) is 10.2 Å². The lowest BCUT2D eigenvalue weighted by molar-refractivity contribution is 0.165. The molecule has 0 spiro atoms. The summed E-state index contributed by atoms with van der Waals surface area (Å²) in [5.41, 5.74) is 6.52. The van der Waals surface area contributed by atoms with Crippen LogP contribution in [0.15, 0.2) is 45.5 Å². The van der Waals surface area contributed by atoms with Crippen molar-refractivity contribution >= 4 is 15.9 Å². The van der Waals surface area contributed by atoms with Gasteiger partial charge in [-0.3, -0.25) is 4.90 Å². The molecule has 2 N–H and O–H groups in total. The van der Waals surface area contributed by atoms with Crippen LogP contribution in [0.5, 0.6) is 0 Å². The van der Waals surface area contributed by atoms with Crippen molar-refractivity contribution in [3.8, 4) is 0 Å². The third kappa shape index (κ3) is 2.95. The lowest BCUT2D eigenvalue weighted by Gasteiger charge is -2.31. The van der Waals surface area contributed by atoms with E-state index in [-0.39, 0.29) is 17.9 Å². The number of benzene rings is 1. The number of hydrogen-bond acceptors (Lipinski definition) is 3. The third-order valence-corrected chi connectivity index (χ3v) is 4.28. The molecule has 0 radical (unpaired) electrons. The Hall–Kier alpha value is -1.17. The average Bonchev–Trinajstić information content (AvgIpc) is 2.86. The Balaban J connectivity index is 2.27. The van der Waals surface area contributed by atoms with Gasteiger partial charge in [-0.15, -0.1) is 0 Å². The molecule has 0 saturated heterocycles. The molecule has 0 aliphatic heterocycles. The average molecular weight is 341 g/mol. The van der Waals surface area contributed by atoms with Gasteiger partial charge in [-0.1, -0.05) is 18.2 Å². The largest absolute Gasteiger partial charge is 0.466 e. The van der Waals surface area contributed by atoms with E-state index in [1.807, 2.05) is 31.0 Å². The molecule has 2 rings (SSSR count). The Morgan fingerprint density at radius 3 is 2.60 bits per heavy atom. The molecule has 0 aliphatic rings. The second-order valence-corrected chi connectivity index (χ2v) is 5.60. The van der Waals surface area contributed by atoms with E-state index in [1.165, 1.54) is 6.07 Å². The summed E-state index contributed by atoms with van der Waals surface area (Å²) in [6.07, 6.45) is 1.61. The highest BCUT2D eigenvalue weighted by molar-refractivity contribution is 9.10. The number of hydrogen-bond donors (Lipinski definition) is 1. The molecule has 1 heterocycles. The van der Waals surface area contributed by atoms with Crippen molar-refractivity contribution in [1.82, 2.24) is 4.90 Å². The molecular formula is C15H18BrFN2O. The van der Waals surface area contributed by atoms with Crippen LogP contribution in [-0.2, 0) is 0 Å². The van der Waals surface area contributed by atoms with Crippen LogP contribution in [0.2, 0.25) is 0 Å². The van der Waals surface area contributed by atoms with Gasteiger partial charge in [-0.25, -0.2) is 4.39 Å². The maximum Gasteiger partial charge on any atom is 0.136 e. The standard InChI is InChI=1S/C15H18BrFN2O/c1-10(11-5-3-4-6-13(11)17)19(2)14(9-18)15-12(16)7-8-20-15/h3-8,10,14H,9,18H2,1-2H3.